The average molecular weight is 265 g/mol. The van der Waals surface area contributed by atoms with Crippen LogP contribution < -0.4 is 10.9 Å². The summed E-state index contributed by atoms with van der Waals surface area (Å²) in [5, 5.41) is 7.49. The fourth-order valence-corrected chi connectivity index (χ4v) is 1.25. The second-order valence-electron chi connectivity index (χ2n) is 4.86. The monoisotopic (exact) mass is 265 g/mol. The highest BCUT2D eigenvalue weighted by Gasteiger charge is 2.15. The SMILES string of the molecule is COC(=N)c1ccc(NNC(=O)OC(C)(C)C)cc1. The van der Waals surface area contributed by atoms with Crippen molar-refractivity contribution >= 4 is 17.7 Å². The van der Waals surface area contributed by atoms with Gasteiger partial charge in [0.05, 0.1) is 12.8 Å². The van der Waals surface area contributed by atoms with Crippen LogP contribution in [-0.2, 0) is 9.47 Å². The van der Waals surface area contributed by atoms with Gasteiger partial charge in [-0.05, 0) is 45.0 Å². The van der Waals surface area contributed by atoms with Gasteiger partial charge < -0.3 is 9.47 Å². The number of hydrogen-bond donors (Lipinski definition) is 3. The van der Waals surface area contributed by atoms with E-state index in [1.54, 1.807) is 45.0 Å². The number of ether oxygens (including phenoxy) is 2. The summed E-state index contributed by atoms with van der Waals surface area (Å²) in [7, 11) is 1.44. The Kier molecular flexibility index (Phi) is 4.74. The maximum atomic E-state index is 11.4. The van der Waals surface area contributed by atoms with Gasteiger partial charge in [0.25, 0.3) is 0 Å². The van der Waals surface area contributed by atoms with Gasteiger partial charge in [0.2, 0.25) is 5.90 Å². The molecule has 0 unspecified atom stereocenters. The maximum absolute atomic E-state index is 11.4. The molecule has 0 aliphatic heterocycles. The summed E-state index contributed by atoms with van der Waals surface area (Å²) in [5.41, 5.74) is 5.94. The lowest BCUT2D eigenvalue weighted by Crippen LogP contribution is -2.35. The number of anilines is 1. The van der Waals surface area contributed by atoms with Gasteiger partial charge in [0, 0.05) is 5.56 Å². The van der Waals surface area contributed by atoms with Crippen LogP contribution in [0, 0.1) is 5.41 Å². The smallest absolute Gasteiger partial charge is 0.426 e. The predicted octanol–water partition coefficient (Wildman–Crippen LogP) is 2.51. The molecule has 0 aliphatic carbocycles. The minimum atomic E-state index is -0.554. The third-order valence-corrected chi connectivity index (χ3v) is 2.06. The first-order valence-corrected chi connectivity index (χ1v) is 5.80. The molecule has 0 saturated heterocycles. The zero-order valence-electron chi connectivity index (χ0n) is 11.5. The third kappa shape index (κ3) is 5.29. The van der Waals surface area contributed by atoms with Crippen LogP contribution in [0.15, 0.2) is 24.3 Å². The number of rotatable bonds is 3. The summed E-state index contributed by atoms with van der Waals surface area (Å²) in [6.45, 7) is 5.37. The molecule has 0 aliphatic rings. The predicted molar refractivity (Wildman–Crippen MR) is 73.3 cm³/mol. The van der Waals surface area contributed by atoms with E-state index in [4.69, 9.17) is 14.9 Å². The van der Waals surface area contributed by atoms with E-state index in [1.807, 2.05) is 0 Å². The molecule has 0 heterocycles. The van der Waals surface area contributed by atoms with E-state index in [0.717, 1.165) is 0 Å². The van der Waals surface area contributed by atoms with Gasteiger partial charge in [-0.2, -0.15) is 0 Å². The zero-order chi connectivity index (χ0) is 14.5. The molecular formula is C13H19N3O3. The normalized spacial score (nSPS) is 10.5. The molecule has 1 amide bonds. The summed E-state index contributed by atoms with van der Waals surface area (Å²) in [6, 6.07) is 6.87. The van der Waals surface area contributed by atoms with E-state index < -0.39 is 11.7 Å². The fourth-order valence-electron chi connectivity index (χ4n) is 1.25. The average Bonchev–Trinajstić information content (AvgIpc) is 2.34. The third-order valence-electron chi connectivity index (χ3n) is 2.06. The first-order valence-electron chi connectivity index (χ1n) is 5.80. The molecule has 6 heteroatoms. The van der Waals surface area contributed by atoms with Crippen LogP contribution in [0.1, 0.15) is 26.3 Å². The van der Waals surface area contributed by atoms with E-state index in [9.17, 15) is 4.79 Å². The van der Waals surface area contributed by atoms with Crippen LogP contribution in [0.25, 0.3) is 0 Å². The van der Waals surface area contributed by atoms with Gasteiger partial charge >= 0.3 is 6.09 Å². The van der Waals surface area contributed by atoms with Gasteiger partial charge in [-0.25, -0.2) is 10.2 Å². The van der Waals surface area contributed by atoms with Crippen molar-refractivity contribution in [1.29, 1.82) is 5.41 Å². The van der Waals surface area contributed by atoms with Gasteiger partial charge in [-0.15, -0.1) is 0 Å². The number of nitrogens with one attached hydrogen (secondary N) is 3. The zero-order valence-corrected chi connectivity index (χ0v) is 11.5. The number of methoxy groups -OCH3 is 1. The van der Waals surface area contributed by atoms with E-state index in [1.165, 1.54) is 7.11 Å². The highest BCUT2D eigenvalue weighted by atomic mass is 16.6. The highest BCUT2D eigenvalue weighted by molar-refractivity contribution is 5.91. The number of carbonyl (C=O) groups is 1. The second kappa shape index (κ2) is 6.08. The van der Waals surface area contributed by atoms with Crippen LogP contribution in [0.4, 0.5) is 10.5 Å². The number of carbonyl (C=O) groups excluding carboxylic acids is 1. The second-order valence-corrected chi connectivity index (χ2v) is 4.86. The van der Waals surface area contributed by atoms with Crippen LogP contribution in [0.2, 0.25) is 0 Å². The summed E-state index contributed by atoms with van der Waals surface area (Å²) >= 11 is 0. The quantitative estimate of drug-likeness (QED) is 0.445. The molecule has 0 bridgehead atoms. The Morgan fingerprint density at radius 3 is 2.26 bits per heavy atom. The van der Waals surface area contributed by atoms with E-state index in [2.05, 4.69) is 10.9 Å². The standard InChI is InChI=1S/C13H19N3O3/c1-13(2,3)19-12(17)16-15-10-7-5-9(6-8-10)11(14)18-4/h5-8,14-15H,1-4H3,(H,16,17). The molecule has 0 aromatic heterocycles. The van der Waals surface area contributed by atoms with Crippen molar-refractivity contribution in [3.8, 4) is 0 Å². The van der Waals surface area contributed by atoms with Gasteiger partial charge in [-0.1, -0.05) is 0 Å². The molecule has 1 aromatic rings. The van der Waals surface area contributed by atoms with Gasteiger partial charge in [-0.3, -0.25) is 10.8 Å². The number of hydrogen-bond acceptors (Lipinski definition) is 5. The Hall–Kier alpha value is -2.24. The Bertz CT molecular complexity index is 449. The summed E-state index contributed by atoms with van der Waals surface area (Å²) < 4.78 is 9.87. The van der Waals surface area contributed by atoms with Crippen LogP contribution in [-0.4, -0.2) is 24.7 Å². The fraction of sp³-hybridized carbons (Fsp3) is 0.385. The molecule has 6 nitrogen and oxygen atoms in total. The van der Waals surface area contributed by atoms with Crippen molar-refractivity contribution < 1.29 is 14.3 Å². The molecule has 3 N–H and O–H groups in total. The molecule has 0 radical (unpaired) electrons. The molecule has 1 aromatic carbocycles. The lowest BCUT2D eigenvalue weighted by atomic mass is 10.2. The molecular weight excluding hydrogens is 246 g/mol. The molecule has 0 fully saturated rings. The number of hydrazine groups is 1. The van der Waals surface area contributed by atoms with E-state index in [0.29, 0.717) is 11.3 Å². The van der Waals surface area contributed by atoms with Crippen molar-refractivity contribution in [1.82, 2.24) is 5.43 Å². The minimum absolute atomic E-state index is 0.0895. The topological polar surface area (TPSA) is 83.4 Å². The van der Waals surface area contributed by atoms with Gasteiger partial charge in [0.1, 0.15) is 5.60 Å². The van der Waals surface area contributed by atoms with Crippen molar-refractivity contribution in [2.24, 2.45) is 0 Å². The first-order chi connectivity index (χ1) is 8.81. The lowest BCUT2D eigenvalue weighted by molar-refractivity contribution is 0.0541. The van der Waals surface area contributed by atoms with Crippen LogP contribution in [0.3, 0.4) is 0 Å². The van der Waals surface area contributed by atoms with Gasteiger partial charge in [0.15, 0.2) is 0 Å². The van der Waals surface area contributed by atoms with E-state index in [-0.39, 0.29) is 5.90 Å². The van der Waals surface area contributed by atoms with Crippen molar-refractivity contribution in [2.75, 3.05) is 12.5 Å². The Labute approximate surface area is 112 Å². The van der Waals surface area contributed by atoms with Crippen molar-refractivity contribution in [3.05, 3.63) is 29.8 Å². The largest absolute Gasteiger partial charge is 0.481 e. The summed E-state index contributed by atoms with van der Waals surface area (Å²) in [6.07, 6.45) is -0.554. The Morgan fingerprint density at radius 1 is 1.21 bits per heavy atom. The minimum Gasteiger partial charge on any atom is -0.481 e. The Balaban J connectivity index is 2.50. The van der Waals surface area contributed by atoms with Crippen molar-refractivity contribution in [2.45, 2.75) is 26.4 Å². The number of amides is 1. The molecule has 0 spiro atoms. The summed E-state index contributed by atoms with van der Waals surface area (Å²) in [5.74, 6) is 0.0895. The lowest BCUT2D eigenvalue weighted by Gasteiger charge is -2.20. The highest BCUT2D eigenvalue weighted by Crippen LogP contribution is 2.10. The Morgan fingerprint density at radius 2 is 1.79 bits per heavy atom. The first kappa shape index (κ1) is 14.8. The maximum Gasteiger partial charge on any atom is 0.426 e. The van der Waals surface area contributed by atoms with Crippen LogP contribution in [0.5, 0.6) is 0 Å². The number of benzene rings is 1. The molecule has 0 saturated carbocycles. The molecule has 0 atom stereocenters. The van der Waals surface area contributed by atoms with E-state index >= 15 is 0 Å². The summed E-state index contributed by atoms with van der Waals surface area (Å²) in [4.78, 5) is 11.4. The molecule has 19 heavy (non-hydrogen) atoms. The molecule has 1 rings (SSSR count). The molecule has 104 valence electrons. The van der Waals surface area contributed by atoms with Crippen LogP contribution >= 0.6 is 0 Å². The van der Waals surface area contributed by atoms with Crippen molar-refractivity contribution in [3.63, 3.8) is 0 Å².